The molecule has 6 rings (SSSR count). The SMILES string of the molecule is O=C(O)c1ccc2nc(Cc3ccc(-c4ccnc(OCc5ccc(C(F)F)cc5F)n4)c(F)c3)n(C[C@@H]3CCO3)c2c1. The molecule has 1 saturated heterocycles. The van der Waals surface area contributed by atoms with Crippen molar-refractivity contribution in [2.75, 3.05) is 6.61 Å². The molecule has 0 saturated carbocycles. The van der Waals surface area contributed by atoms with Gasteiger partial charge in [0, 0.05) is 35.9 Å². The van der Waals surface area contributed by atoms with Crippen LogP contribution in [-0.4, -0.2) is 43.3 Å². The minimum Gasteiger partial charge on any atom is -0.478 e. The van der Waals surface area contributed by atoms with Crippen molar-refractivity contribution in [1.29, 1.82) is 0 Å². The first-order chi connectivity index (χ1) is 20.7. The molecule has 12 heteroatoms. The number of imidazole rings is 1. The van der Waals surface area contributed by atoms with Crippen molar-refractivity contribution < 1.29 is 36.9 Å². The number of alkyl halides is 2. The third kappa shape index (κ3) is 6.05. The Bertz CT molecular complexity index is 1820. The van der Waals surface area contributed by atoms with Crippen LogP contribution < -0.4 is 4.74 Å². The number of aromatic nitrogens is 4. The van der Waals surface area contributed by atoms with Crippen LogP contribution in [0.25, 0.3) is 22.3 Å². The van der Waals surface area contributed by atoms with Gasteiger partial charge in [0.05, 0.1) is 34.9 Å². The Kier molecular flexibility index (Phi) is 7.76. The van der Waals surface area contributed by atoms with Crippen LogP contribution in [0, 0.1) is 11.6 Å². The number of carboxylic acids is 1. The summed E-state index contributed by atoms with van der Waals surface area (Å²) in [6.07, 6.45) is -0.259. The van der Waals surface area contributed by atoms with Crippen LogP contribution in [0.2, 0.25) is 0 Å². The fourth-order valence-corrected chi connectivity index (χ4v) is 4.85. The first-order valence-electron chi connectivity index (χ1n) is 13.4. The van der Waals surface area contributed by atoms with Crippen molar-refractivity contribution in [1.82, 2.24) is 19.5 Å². The van der Waals surface area contributed by atoms with Crippen LogP contribution in [0.15, 0.2) is 66.9 Å². The van der Waals surface area contributed by atoms with E-state index in [0.29, 0.717) is 35.6 Å². The van der Waals surface area contributed by atoms with Crippen LogP contribution >= 0.6 is 0 Å². The number of nitrogens with zero attached hydrogens (tertiary/aromatic N) is 4. The zero-order valence-corrected chi connectivity index (χ0v) is 22.5. The van der Waals surface area contributed by atoms with Gasteiger partial charge in [-0.3, -0.25) is 0 Å². The number of aromatic carboxylic acids is 1. The summed E-state index contributed by atoms with van der Waals surface area (Å²) in [4.78, 5) is 24.5. The average Bonchev–Trinajstić information content (AvgIpc) is 3.30. The second-order valence-corrected chi connectivity index (χ2v) is 10.1. The first-order valence-corrected chi connectivity index (χ1v) is 13.4. The fourth-order valence-electron chi connectivity index (χ4n) is 4.85. The average molecular weight is 593 g/mol. The maximum Gasteiger partial charge on any atom is 0.335 e. The maximum absolute atomic E-state index is 15.4. The number of hydrogen-bond acceptors (Lipinski definition) is 6. The van der Waals surface area contributed by atoms with Crippen molar-refractivity contribution >= 4 is 17.0 Å². The van der Waals surface area contributed by atoms with E-state index in [2.05, 4.69) is 9.97 Å². The van der Waals surface area contributed by atoms with E-state index in [9.17, 15) is 23.1 Å². The largest absolute Gasteiger partial charge is 0.478 e. The molecule has 0 amide bonds. The molecule has 1 aliphatic rings. The highest BCUT2D eigenvalue weighted by Crippen LogP contribution is 2.27. The van der Waals surface area contributed by atoms with Crippen molar-refractivity contribution in [2.24, 2.45) is 0 Å². The Morgan fingerprint density at radius 2 is 1.88 bits per heavy atom. The monoisotopic (exact) mass is 592 g/mol. The van der Waals surface area contributed by atoms with Crippen LogP contribution in [-0.2, 0) is 24.3 Å². The number of halogens is 4. The maximum atomic E-state index is 15.4. The predicted molar refractivity (Wildman–Crippen MR) is 147 cm³/mol. The molecule has 0 radical (unpaired) electrons. The molecule has 1 aliphatic heterocycles. The Morgan fingerprint density at radius 1 is 1.05 bits per heavy atom. The first kappa shape index (κ1) is 28.3. The van der Waals surface area contributed by atoms with Gasteiger partial charge >= 0.3 is 12.0 Å². The fraction of sp³-hybridized carbons (Fsp3) is 0.226. The number of carboxylic acid groups (broad SMARTS) is 1. The lowest BCUT2D eigenvalue weighted by Crippen LogP contribution is -2.31. The summed E-state index contributed by atoms with van der Waals surface area (Å²) in [5.74, 6) is -1.78. The summed E-state index contributed by atoms with van der Waals surface area (Å²) in [6, 6.07) is 13.9. The molecule has 2 aromatic heterocycles. The lowest BCUT2D eigenvalue weighted by atomic mass is 10.1. The lowest BCUT2D eigenvalue weighted by molar-refractivity contribution is -0.0589. The topological polar surface area (TPSA) is 99.4 Å². The van der Waals surface area contributed by atoms with E-state index in [4.69, 9.17) is 14.5 Å². The Labute approximate surface area is 242 Å². The van der Waals surface area contributed by atoms with Crippen LogP contribution in [0.4, 0.5) is 17.6 Å². The van der Waals surface area contributed by atoms with E-state index >= 15 is 4.39 Å². The van der Waals surface area contributed by atoms with Gasteiger partial charge in [0.1, 0.15) is 24.1 Å². The molecule has 1 fully saturated rings. The molecule has 43 heavy (non-hydrogen) atoms. The molecule has 0 aliphatic carbocycles. The molecule has 3 aromatic carbocycles. The Hall–Kier alpha value is -4.84. The standard InChI is InChI=1S/C31H24F4N4O4/c32-23-13-18(29(34)35)2-3-20(23)16-43-31-36-9-7-25(38-31)22-5-1-17(11-24(22)33)12-28-37-26-6-4-19(30(40)41)14-27(26)39(28)15-21-8-10-42-21/h1-7,9,11,13-14,21,29H,8,10,12,15-16H2,(H,40,41)/t21-/m0/s1. The van der Waals surface area contributed by atoms with E-state index in [1.807, 2.05) is 4.57 Å². The number of rotatable bonds is 10. The molecule has 1 atom stereocenters. The highest BCUT2D eigenvalue weighted by Gasteiger charge is 2.23. The minimum atomic E-state index is -2.79. The Morgan fingerprint density at radius 3 is 2.58 bits per heavy atom. The van der Waals surface area contributed by atoms with Gasteiger partial charge in [0.2, 0.25) is 0 Å². The van der Waals surface area contributed by atoms with Gasteiger partial charge in [-0.05, 0) is 54.4 Å². The molecule has 3 heterocycles. The van der Waals surface area contributed by atoms with Crippen molar-refractivity contribution in [3.8, 4) is 17.3 Å². The molecule has 1 N–H and O–H groups in total. The van der Waals surface area contributed by atoms with Crippen molar-refractivity contribution in [3.05, 3.63) is 107 Å². The zero-order valence-electron chi connectivity index (χ0n) is 22.5. The molecule has 0 unspecified atom stereocenters. The molecule has 8 nitrogen and oxygen atoms in total. The zero-order chi connectivity index (χ0) is 30.1. The Balaban J connectivity index is 1.21. The van der Waals surface area contributed by atoms with Gasteiger partial charge in [-0.15, -0.1) is 0 Å². The quantitative estimate of drug-likeness (QED) is 0.188. The second kappa shape index (κ2) is 11.8. The highest BCUT2D eigenvalue weighted by atomic mass is 19.3. The summed E-state index contributed by atoms with van der Waals surface area (Å²) in [6.45, 7) is 0.862. The second-order valence-electron chi connectivity index (χ2n) is 10.1. The summed E-state index contributed by atoms with van der Waals surface area (Å²) in [5.41, 5.74) is 2.12. The van der Waals surface area contributed by atoms with Gasteiger partial charge in [-0.1, -0.05) is 18.2 Å². The van der Waals surface area contributed by atoms with E-state index in [1.165, 1.54) is 30.5 Å². The molecular weight excluding hydrogens is 568 g/mol. The lowest BCUT2D eigenvalue weighted by Gasteiger charge is -2.27. The predicted octanol–water partition coefficient (Wildman–Crippen LogP) is 6.37. The van der Waals surface area contributed by atoms with Gasteiger partial charge < -0.3 is 19.1 Å². The van der Waals surface area contributed by atoms with E-state index in [0.717, 1.165) is 18.6 Å². The smallest absolute Gasteiger partial charge is 0.335 e. The number of fused-ring (bicyclic) bond motifs is 1. The number of carbonyl (C=O) groups is 1. The summed E-state index contributed by atoms with van der Waals surface area (Å²) in [5, 5.41) is 9.45. The number of benzene rings is 3. The van der Waals surface area contributed by atoms with Gasteiger partial charge in [0.25, 0.3) is 6.43 Å². The van der Waals surface area contributed by atoms with E-state index < -0.39 is 29.6 Å². The van der Waals surface area contributed by atoms with Crippen molar-refractivity contribution in [2.45, 2.75) is 38.5 Å². The van der Waals surface area contributed by atoms with E-state index in [-0.39, 0.29) is 47.5 Å². The summed E-state index contributed by atoms with van der Waals surface area (Å²) < 4.78 is 68.1. The van der Waals surface area contributed by atoms with Crippen molar-refractivity contribution in [3.63, 3.8) is 0 Å². The van der Waals surface area contributed by atoms with Gasteiger partial charge in [-0.2, -0.15) is 4.98 Å². The summed E-state index contributed by atoms with van der Waals surface area (Å²) in [7, 11) is 0. The third-order valence-electron chi connectivity index (χ3n) is 7.24. The van der Waals surface area contributed by atoms with Crippen LogP contribution in [0.1, 0.15) is 45.7 Å². The highest BCUT2D eigenvalue weighted by molar-refractivity contribution is 5.92. The normalized spacial score (nSPS) is 14.7. The number of ether oxygens (including phenoxy) is 2. The molecule has 5 aromatic rings. The molecule has 0 spiro atoms. The van der Waals surface area contributed by atoms with E-state index in [1.54, 1.807) is 24.3 Å². The third-order valence-corrected chi connectivity index (χ3v) is 7.24. The summed E-state index contributed by atoms with van der Waals surface area (Å²) >= 11 is 0. The number of hydrogen-bond donors (Lipinski definition) is 1. The van der Waals surface area contributed by atoms with Crippen LogP contribution in [0.3, 0.4) is 0 Å². The molecule has 0 bridgehead atoms. The minimum absolute atomic E-state index is 0.00794. The van der Waals surface area contributed by atoms with Crippen LogP contribution in [0.5, 0.6) is 6.01 Å². The van der Waals surface area contributed by atoms with Gasteiger partial charge in [0.15, 0.2) is 0 Å². The molecular formula is C31H24F4N4O4. The molecule has 220 valence electrons. The van der Waals surface area contributed by atoms with Gasteiger partial charge in [-0.25, -0.2) is 32.3 Å².